The Hall–Kier alpha value is -1.30. The maximum Gasteiger partial charge on any atom is 0.251 e. The first-order chi connectivity index (χ1) is 8.56. The minimum Gasteiger partial charge on any atom is -0.394 e. The first-order valence-electron chi connectivity index (χ1n) is 5.66. The lowest BCUT2D eigenvalue weighted by Crippen LogP contribution is -2.25. The topological polar surface area (TPSA) is 55.1 Å². The van der Waals surface area contributed by atoms with Crippen molar-refractivity contribution in [2.75, 3.05) is 23.8 Å². The monoisotopic (exact) mass is 274 g/mol. The second-order valence-electron chi connectivity index (χ2n) is 3.66. The van der Waals surface area contributed by atoms with E-state index >= 15 is 0 Å². The minimum absolute atomic E-state index is 0.0534. The third-order valence-corrected chi connectivity index (χ3v) is 3.28. The number of amides is 1. The Labute approximate surface area is 109 Å². The van der Waals surface area contributed by atoms with Gasteiger partial charge in [0.25, 0.3) is 5.91 Å². The molecule has 0 radical (unpaired) electrons. The lowest BCUT2D eigenvalue weighted by atomic mass is 10.1. The van der Waals surface area contributed by atoms with Gasteiger partial charge < -0.3 is 11.1 Å². The molecule has 0 bridgehead atoms. The molecule has 0 heterocycles. The normalized spacial score (nSPS) is 10.4. The Morgan fingerprint density at radius 3 is 2.56 bits per heavy atom. The van der Waals surface area contributed by atoms with Crippen molar-refractivity contribution in [2.45, 2.75) is 13.3 Å². The predicted octanol–water partition coefficient (Wildman–Crippen LogP) is 2.42. The van der Waals surface area contributed by atoms with E-state index in [1.165, 1.54) is 0 Å². The zero-order valence-corrected chi connectivity index (χ0v) is 10.9. The van der Waals surface area contributed by atoms with E-state index in [4.69, 9.17) is 5.73 Å². The smallest absolute Gasteiger partial charge is 0.251 e. The summed E-state index contributed by atoms with van der Waals surface area (Å²) in [5.74, 6) is -0.346. The molecule has 0 aliphatic carbocycles. The van der Waals surface area contributed by atoms with Crippen molar-refractivity contribution in [3.63, 3.8) is 0 Å². The van der Waals surface area contributed by atoms with E-state index in [9.17, 15) is 13.6 Å². The zero-order chi connectivity index (χ0) is 13.5. The zero-order valence-electron chi connectivity index (χ0n) is 10.1. The lowest BCUT2D eigenvalue weighted by Gasteiger charge is -2.06. The van der Waals surface area contributed by atoms with Gasteiger partial charge in [-0.15, -0.1) is 0 Å². The molecule has 0 fully saturated rings. The highest BCUT2D eigenvalue weighted by Gasteiger charge is 2.12. The fourth-order valence-corrected chi connectivity index (χ4v) is 1.98. The third-order valence-electron chi connectivity index (χ3n) is 2.30. The van der Waals surface area contributed by atoms with Gasteiger partial charge in [-0.2, -0.15) is 11.8 Å². The van der Waals surface area contributed by atoms with E-state index in [1.807, 2.05) is 0 Å². The third kappa shape index (κ3) is 4.18. The van der Waals surface area contributed by atoms with Crippen molar-refractivity contribution in [1.29, 1.82) is 0 Å². The highest BCUT2D eigenvalue weighted by molar-refractivity contribution is 7.99. The molecular formula is C12H16F2N2OS. The molecule has 18 heavy (non-hydrogen) atoms. The predicted molar refractivity (Wildman–Crippen MR) is 70.7 cm³/mol. The first kappa shape index (κ1) is 14.8. The maximum atomic E-state index is 13.1. The summed E-state index contributed by atoms with van der Waals surface area (Å²) in [5.41, 5.74) is 4.50. The van der Waals surface area contributed by atoms with Crippen LogP contribution in [0, 0.1) is 11.6 Å². The number of benzene rings is 1. The summed E-state index contributed by atoms with van der Waals surface area (Å²) < 4.78 is 26.3. The Morgan fingerprint density at radius 2 is 2.00 bits per heavy atom. The first-order valence-corrected chi connectivity index (χ1v) is 6.82. The average molecular weight is 274 g/mol. The number of hydrogen-bond acceptors (Lipinski definition) is 3. The summed E-state index contributed by atoms with van der Waals surface area (Å²) >= 11 is 1.77. The molecule has 100 valence electrons. The van der Waals surface area contributed by atoms with Crippen LogP contribution in [0.1, 0.15) is 23.7 Å². The molecule has 0 aliphatic rings. The van der Waals surface area contributed by atoms with Crippen LogP contribution in [0.15, 0.2) is 12.1 Å². The van der Waals surface area contributed by atoms with Crippen LogP contribution in [-0.4, -0.2) is 24.0 Å². The second-order valence-corrected chi connectivity index (χ2v) is 5.05. The van der Waals surface area contributed by atoms with Crippen molar-refractivity contribution < 1.29 is 13.6 Å². The van der Waals surface area contributed by atoms with E-state index < -0.39 is 23.2 Å². The van der Waals surface area contributed by atoms with Gasteiger partial charge in [0, 0.05) is 12.1 Å². The number of hydrogen-bond donors (Lipinski definition) is 2. The molecule has 3 N–H and O–H groups in total. The molecule has 0 saturated carbocycles. The van der Waals surface area contributed by atoms with Crippen LogP contribution in [0.2, 0.25) is 0 Å². The molecule has 0 aromatic heterocycles. The Bertz CT molecular complexity index is 404. The summed E-state index contributed by atoms with van der Waals surface area (Å²) in [6.07, 6.45) is 0.824. The highest BCUT2D eigenvalue weighted by Crippen LogP contribution is 2.17. The number of halogens is 2. The summed E-state index contributed by atoms with van der Waals surface area (Å²) in [6.45, 7) is 2.54. The molecule has 0 aliphatic heterocycles. The SMILES string of the molecule is CCSCCCNC(=O)c1cc(F)c(N)c(F)c1. The maximum absolute atomic E-state index is 13.1. The average Bonchev–Trinajstić information content (AvgIpc) is 2.34. The number of carbonyl (C=O) groups excluding carboxylic acids is 1. The molecule has 1 rings (SSSR count). The highest BCUT2D eigenvalue weighted by atomic mass is 32.2. The van der Waals surface area contributed by atoms with E-state index in [-0.39, 0.29) is 5.56 Å². The van der Waals surface area contributed by atoms with Gasteiger partial charge in [-0.25, -0.2) is 8.78 Å². The molecule has 0 unspecified atom stereocenters. The van der Waals surface area contributed by atoms with Gasteiger partial charge >= 0.3 is 0 Å². The molecule has 1 aromatic carbocycles. The van der Waals surface area contributed by atoms with Crippen molar-refractivity contribution in [3.8, 4) is 0 Å². The van der Waals surface area contributed by atoms with E-state index in [2.05, 4.69) is 12.2 Å². The Kier molecular flexibility index (Phi) is 5.91. The van der Waals surface area contributed by atoms with Crippen molar-refractivity contribution in [2.24, 2.45) is 0 Å². The lowest BCUT2D eigenvalue weighted by molar-refractivity contribution is 0.0953. The number of nitrogens with two attached hydrogens (primary N) is 1. The van der Waals surface area contributed by atoms with Crippen molar-refractivity contribution in [1.82, 2.24) is 5.32 Å². The minimum atomic E-state index is -0.915. The van der Waals surface area contributed by atoms with Crippen LogP contribution in [0.25, 0.3) is 0 Å². The molecule has 1 aromatic rings. The van der Waals surface area contributed by atoms with Crippen LogP contribution >= 0.6 is 11.8 Å². The molecule has 0 atom stereocenters. The number of carbonyl (C=O) groups is 1. The number of rotatable bonds is 6. The molecule has 1 amide bonds. The van der Waals surface area contributed by atoms with Crippen LogP contribution < -0.4 is 11.1 Å². The van der Waals surface area contributed by atoms with E-state index in [0.29, 0.717) is 6.54 Å². The Balaban J connectivity index is 2.52. The summed E-state index contributed by atoms with van der Waals surface area (Å²) in [5, 5.41) is 2.61. The van der Waals surface area contributed by atoms with Gasteiger partial charge in [0.2, 0.25) is 0 Å². The van der Waals surface area contributed by atoms with Gasteiger partial charge in [-0.3, -0.25) is 4.79 Å². The van der Waals surface area contributed by atoms with E-state index in [0.717, 1.165) is 30.1 Å². The van der Waals surface area contributed by atoms with Crippen molar-refractivity contribution in [3.05, 3.63) is 29.3 Å². The van der Waals surface area contributed by atoms with Gasteiger partial charge in [-0.1, -0.05) is 6.92 Å². The molecule has 6 heteroatoms. The number of nitrogens with one attached hydrogen (secondary N) is 1. The fraction of sp³-hybridized carbons (Fsp3) is 0.417. The van der Waals surface area contributed by atoms with Crippen LogP contribution in [-0.2, 0) is 0 Å². The van der Waals surface area contributed by atoms with Gasteiger partial charge in [0.05, 0.1) is 0 Å². The summed E-state index contributed by atoms with van der Waals surface area (Å²) in [4.78, 5) is 11.6. The van der Waals surface area contributed by atoms with Crippen LogP contribution in [0.5, 0.6) is 0 Å². The van der Waals surface area contributed by atoms with Crippen LogP contribution in [0.3, 0.4) is 0 Å². The van der Waals surface area contributed by atoms with Gasteiger partial charge in [0.1, 0.15) is 17.3 Å². The molecular weight excluding hydrogens is 258 g/mol. The number of nitrogen functional groups attached to an aromatic ring is 1. The largest absolute Gasteiger partial charge is 0.394 e. The summed E-state index contributed by atoms with van der Waals surface area (Å²) in [6, 6.07) is 1.88. The molecule has 3 nitrogen and oxygen atoms in total. The van der Waals surface area contributed by atoms with Crippen LogP contribution in [0.4, 0.5) is 14.5 Å². The fourth-order valence-electron chi connectivity index (χ4n) is 1.34. The summed E-state index contributed by atoms with van der Waals surface area (Å²) in [7, 11) is 0. The number of anilines is 1. The molecule has 0 spiro atoms. The van der Waals surface area contributed by atoms with E-state index in [1.54, 1.807) is 11.8 Å². The number of thioether (sulfide) groups is 1. The second kappa shape index (κ2) is 7.20. The Morgan fingerprint density at radius 1 is 1.39 bits per heavy atom. The van der Waals surface area contributed by atoms with Gasteiger partial charge in [-0.05, 0) is 30.1 Å². The molecule has 0 saturated heterocycles. The standard InChI is InChI=1S/C12H16F2N2OS/c1-2-18-5-3-4-16-12(17)8-6-9(13)11(15)10(14)7-8/h6-7H,2-5,15H2,1H3,(H,16,17). The quantitative estimate of drug-likeness (QED) is 0.619. The van der Waals surface area contributed by atoms with Gasteiger partial charge in [0.15, 0.2) is 0 Å². The van der Waals surface area contributed by atoms with Crippen molar-refractivity contribution >= 4 is 23.4 Å².